The monoisotopic (exact) mass is 624 g/mol. The Kier molecular flexibility index (Phi) is 9.01. The fraction of sp³-hybridized carbons (Fsp3) is 0.379. The van der Waals surface area contributed by atoms with E-state index >= 15 is 0 Å². The second kappa shape index (κ2) is 12.8. The molecule has 0 spiro atoms. The molecule has 2 N–H and O–H groups in total. The van der Waals surface area contributed by atoms with Crippen LogP contribution in [0.15, 0.2) is 52.6 Å². The first kappa shape index (κ1) is 28.1. The van der Waals surface area contributed by atoms with Crippen LogP contribution in [0.25, 0.3) is 0 Å². The number of benzene rings is 2. The standard InChI is InChI=1S/C29H33BrN6O3S/c1-20-6-2-3-7-23(20)34-14-16-35(17-15-34)24-10-9-21(18-22(24)33-28(39)25-19-32-29(30)40-25)27(38)31-11-5-13-36-12-4-8-26(36)37/h2-3,6-7,9-10,18-19H,4-5,8,11-17H2,1H3,(H,31,38)(H,33,39). The summed E-state index contributed by atoms with van der Waals surface area (Å²) in [6, 6.07) is 13.9. The summed E-state index contributed by atoms with van der Waals surface area (Å²) in [6.45, 7) is 7.31. The Bertz CT molecular complexity index is 1390. The summed E-state index contributed by atoms with van der Waals surface area (Å²) in [5.41, 5.74) is 4.44. The van der Waals surface area contributed by atoms with Crippen LogP contribution in [-0.2, 0) is 4.79 Å². The Labute approximate surface area is 246 Å². The van der Waals surface area contributed by atoms with Crippen molar-refractivity contribution in [1.82, 2.24) is 15.2 Å². The fourth-order valence-electron chi connectivity index (χ4n) is 5.22. The quantitative estimate of drug-likeness (QED) is 0.339. The highest BCUT2D eigenvalue weighted by Gasteiger charge is 2.23. The van der Waals surface area contributed by atoms with Gasteiger partial charge >= 0.3 is 0 Å². The zero-order chi connectivity index (χ0) is 28.1. The molecule has 2 aliphatic heterocycles. The van der Waals surface area contributed by atoms with Crippen LogP contribution in [0.1, 0.15) is 44.9 Å². The number of rotatable bonds is 9. The van der Waals surface area contributed by atoms with E-state index in [0.29, 0.717) is 46.0 Å². The largest absolute Gasteiger partial charge is 0.368 e. The number of carbonyl (C=O) groups is 3. The van der Waals surface area contributed by atoms with Crippen molar-refractivity contribution in [2.24, 2.45) is 0 Å². The maximum atomic E-state index is 13.1. The maximum absolute atomic E-state index is 13.1. The molecule has 9 nitrogen and oxygen atoms in total. The van der Waals surface area contributed by atoms with E-state index < -0.39 is 0 Å². The van der Waals surface area contributed by atoms with E-state index in [1.165, 1.54) is 28.8 Å². The Morgan fingerprint density at radius 3 is 2.42 bits per heavy atom. The third-order valence-corrected chi connectivity index (χ3v) is 8.82. The molecule has 5 rings (SSSR count). The van der Waals surface area contributed by atoms with Gasteiger partial charge in [0.15, 0.2) is 3.92 Å². The lowest BCUT2D eigenvalue weighted by atomic mass is 10.1. The van der Waals surface area contributed by atoms with Crippen LogP contribution in [0.3, 0.4) is 0 Å². The molecule has 0 saturated carbocycles. The van der Waals surface area contributed by atoms with Crippen LogP contribution < -0.4 is 20.4 Å². The average Bonchev–Trinajstić information content (AvgIpc) is 3.59. The molecule has 210 valence electrons. The number of nitrogens with one attached hydrogen (secondary N) is 2. The molecule has 11 heteroatoms. The molecule has 3 amide bonds. The number of aryl methyl sites for hydroxylation is 1. The molecule has 2 aromatic carbocycles. The topological polar surface area (TPSA) is 97.9 Å². The van der Waals surface area contributed by atoms with Crippen LogP contribution in [0.4, 0.5) is 17.1 Å². The van der Waals surface area contributed by atoms with Crippen LogP contribution in [0.5, 0.6) is 0 Å². The molecule has 1 aromatic heterocycles. The van der Waals surface area contributed by atoms with E-state index in [-0.39, 0.29) is 17.7 Å². The first-order valence-electron chi connectivity index (χ1n) is 13.6. The minimum Gasteiger partial charge on any atom is -0.368 e. The Morgan fingerprint density at radius 1 is 1.00 bits per heavy atom. The number of halogens is 1. The van der Waals surface area contributed by atoms with E-state index in [2.05, 4.69) is 72.5 Å². The van der Waals surface area contributed by atoms with Crippen molar-refractivity contribution in [2.45, 2.75) is 26.2 Å². The van der Waals surface area contributed by atoms with Gasteiger partial charge in [-0.15, -0.1) is 11.3 Å². The van der Waals surface area contributed by atoms with Gasteiger partial charge in [0, 0.05) is 63.5 Å². The molecule has 2 fully saturated rings. The summed E-state index contributed by atoms with van der Waals surface area (Å²) in [7, 11) is 0. The summed E-state index contributed by atoms with van der Waals surface area (Å²) in [4.78, 5) is 49.0. The summed E-state index contributed by atoms with van der Waals surface area (Å²) in [6.07, 6.45) is 3.76. The fourth-order valence-corrected chi connectivity index (χ4v) is 6.38. The van der Waals surface area contributed by atoms with Crippen molar-refractivity contribution in [3.63, 3.8) is 0 Å². The minimum atomic E-state index is -0.268. The van der Waals surface area contributed by atoms with E-state index in [0.717, 1.165) is 44.8 Å². The third kappa shape index (κ3) is 6.64. The Hall–Kier alpha value is -3.44. The summed E-state index contributed by atoms with van der Waals surface area (Å²) in [5.74, 6) is -0.287. The molecule has 0 bridgehead atoms. The SMILES string of the molecule is Cc1ccccc1N1CCN(c2ccc(C(=O)NCCCN3CCCC3=O)cc2NC(=O)c2cnc(Br)s2)CC1. The third-order valence-electron chi connectivity index (χ3n) is 7.35. The van der Waals surface area contributed by atoms with Gasteiger partial charge in [0.25, 0.3) is 11.8 Å². The summed E-state index contributed by atoms with van der Waals surface area (Å²) in [5, 5.41) is 5.98. The number of amides is 3. The number of aromatic nitrogens is 1. The van der Waals surface area contributed by atoms with Crippen LogP contribution in [-0.4, -0.2) is 73.4 Å². The van der Waals surface area contributed by atoms with Crippen molar-refractivity contribution in [2.75, 3.05) is 60.9 Å². The first-order chi connectivity index (χ1) is 19.4. The van der Waals surface area contributed by atoms with Gasteiger partial charge in [-0.05, 0) is 65.5 Å². The van der Waals surface area contributed by atoms with Gasteiger partial charge in [-0.3, -0.25) is 14.4 Å². The molecule has 0 aliphatic carbocycles. The first-order valence-corrected chi connectivity index (χ1v) is 15.2. The average molecular weight is 626 g/mol. The predicted octanol–water partition coefficient (Wildman–Crippen LogP) is 4.54. The predicted molar refractivity (Wildman–Crippen MR) is 163 cm³/mol. The highest BCUT2D eigenvalue weighted by Crippen LogP contribution is 2.31. The minimum absolute atomic E-state index is 0.190. The molecule has 3 heterocycles. The molecular formula is C29H33BrN6O3S. The number of nitrogens with zero attached hydrogens (tertiary/aromatic N) is 4. The van der Waals surface area contributed by atoms with E-state index in [1.807, 2.05) is 11.0 Å². The van der Waals surface area contributed by atoms with Gasteiger partial charge in [-0.25, -0.2) is 4.98 Å². The molecule has 0 radical (unpaired) electrons. The molecule has 0 atom stereocenters. The molecule has 0 unspecified atom stereocenters. The second-order valence-electron chi connectivity index (χ2n) is 10.0. The highest BCUT2D eigenvalue weighted by atomic mass is 79.9. The van der Waals surface area contributed by atoms with Gasteiger partial charge in [0.1, 0.15) is 4.88 Å². The number of hydrogen-bond donors (Lipinski definition) is 2. The van der Waals surface area contributed by atoms with Crippen LogP contribution >= 0.6 is 27.3 Å². The summed E-state index contributed by atoms with van der Waals surface area (Å²) >= 11 is 4.57. The maximum Gasteiger partial charge on any atom is 0.267 e. The van der Waals surface area contributed by atoms with Crippen molar-refractivity contribution in [1.29, 1.82) is 0 Å². The van der Waals surface area contributed by atoms with Crippen molar-refractivity contribution < 1.29 is 14.4 Å². The number of thiazole rings is 1. The molecule has 40 heavy (non-hydrogen) atoms. The zero-order valence-electron chi connectivity index (χ0n) is 22.5. The van der Waals surface area contributed by atoms with Gasteiger partial charge in [0.05, 0.1) is 17.6 Å². The van der Waals surface area contributed by atoms with Crippen LogP contribution in [0, 0.1) is 6.92 Å². The summed E-state index contributed by atoms with van der Waals surface area (Å²) < 4.78 is 0.633. The Morgan fingerprint density at radius 2 is 1.75 bits per heavy atom. The highest BCUT2D eigenvalue weighted by molar-refractivity contribution is 9.11. The zero-order valence-corrected chi connectivity index (χ0v) is 24.9. The van der Waals surface area contributed by atoms with E-state index in [1.54, 1.807) is 12.1 Å². The van der Waals surface area contributed by atoms with Gasteiger partial charge in [-0.2, -0.15) is 0 Å². The van der Waals surface area contributed by atoms with Gasteiger partial charge < -0.3 is 25.3 Å². The van der Waals surface area contributed by atoms with Gasteiger partial charge in [0.2, 0.25) is 5.91 Å². The number of para-hydroxylation sites is 1. The molecule has 3 aromatic rings. The van der Waals surface area contributed by atoms with E-state index in [9.17, 15) is 14.4 Å². The van der Waals surface area contributed by atoms with Crippen molar-refractivity contribution in [3.05, 3.63) is 68.6 Å². The number of hydrogen-bond acceptors (Lipinski definition) is 7. The second-order valence-corrected chi connectivity index (χ2v) is 12.3. The van der Waals surface area contributed by atoms with E-state index in [4.69, 9.17) is 0 Å². The lowest BCUT2D eigenvalue weighted by molar-refractivity contribution is -0.127. The smallest absolute Gasteiger partial charge is 0.267 e. The Balaban J connectivity index is 1.28. The number of anilines is 3. The van der Waals surface area contributed by atoms with Gasteiger partial charge in [-0.1, -0.05) is 18.2 Å². The lowest BCUT2D eigenvalue weighted by Crippen LogP contribution is -2.47. The lowest BCUT2D eigenvalue weighted by Gasteiger charge is -2.38. The number of likely N-dealkylation sites (tertiary alicyclic amines) is 1. The number of carbonyl (C=O) groups excluding carboxylic acids is 3. The van der Waals surface area contributed by atoms with Crippen molar-refractivity contribution >= 4 is 62.1 Å². The number of piperazine rings is 1. The normalized spacial score (nSPS) is 15.4. The van der Waals surface area contributed by atoms with Crippen molar-refractivity contribution in [3.8, 4) is 0 Å². The molecule has 2 saturated heterocycles. The molecular weight excluding hydrogens is 592 g/mol. The van der Waals surface area contributed by atoms with Crippen LogP contribution in [0.2, 0.25) is 0 Å². The molecule has 2 aliphatic rings.